The molecule has 88 valence electrons. The summed E-state index contributed by atoms with van der Waals surface area (Å²) >= 11 is 0. The average molecular weight is 229 g/mol. The van der Waals surface area contributed by atoms with Crippen LogP contribution in [0.2, 0.25) is 0 Å². The summed E-state index contributed by atoms with van der Waals surface area (Å²) in [7, 11) is 0. The largest absolute Gasteiger partial charge is 0.464 e. The van der Waals surface area contributed by atoms with Crippen LogP contribution < -0.4 is 5.32 Å². The fourth-order valence-electron chi connectivity index (χ4n) is 2.47. The molecule has 0 saturated heterocycles. The van der Waals surface area contributed by atoms with Gasteiger partial charge in [0.25, 0.3) is 0 Å². The van der Waals surface area contributed by atoms with E-state index in [4.69, 9.17) is 4.42 Å². The predicted octanol–water partition coefficient (Wildman–Crippen LogP) is 2.67. The molecule has 1 aromatic heterocycles. The number of hydrogen-bond acceptors (Lipinski definition) is 2. The third kappa shape index (κ3) is 1.93. The maximum absolute atomic E-state index is 10.9. The Bertz CT molecular complexity index is 558. The minimum Gasteiger partial charge on any atom is -0.464 e. The highest BCUT2D eigenvalue weighted by atomic mass is 16.3. The van der Waals surface area contributed by atoms with Crippen LogP contribution in [0.1, 0.15) is 24.8 Å². The van der Waals surface area contributed by atoms with Gasteiger partial charge in [0.2, 0.25) is 5.91 Å². The van der Waals surface area contributed by atoms with Gasteiger partial charge in [-0.05, 0) is 36.0 Å². The van der Waals surface area contributed by atoms with Gasteiger partial charge in [0.15, 0.2) is 0 Å². The first-order valence-electron chi connectivity index (χ1n) is 5.96. The highest BCUT2D eigenvalue weighted by Crippen LogP contribution is 2.49. The standard InChI is InChI=1S/C14H15NO2/c1-9(16)15-8-10-7-13(10)11-3-2-4-14-12(11)5-6-17-14/h2-6,10,13H,7-8H2,1H3,(H,15,16). The number of carbonyl (C=O) groups is 1. The van der Waals surface area contributed by atoms with E-state index in [-0.39, 0.29) is 5.91 Å². The summed E-state index contributed by atoms with van der Waals surface area (Å²) in [6, 6.07) is 8.22. The minimum absolute atomic E-state index is 0.0529. The Kier molecular flexibility index (Phi) is 2.39. The fourth-order valence-corrected chi connectivity index (χ4v) is 2.47. The fraction of sp³-hybridized carbons (Fsp3) is 0.357. The van der Waals surface area contributed by atoms with Crippen molar-refractivity contribution in [2.75, 3.05) is 6.54 Å². The van der Waals surface area contributed by atoms with Gasteiger partial charge < -0.3 is 9.73 Å². The van der Waals surface area contributed by atoms with Crippen LogP contribution >= 0.6 is 0 Å². The Hall–Kier alpha value is -1.77. The lowest BCUT2D eigenvalue weighted by Gasteiger charge is -2.03. The summed E-state index contributed by atoms with van der Waals surface area (Å²) in [6.07, 6.45) is 2.89. The van der Waals surface area contributed by atoms with E-state index in [2.05, 4.69) is 11.4 Å². The Morgan fingerprint density at radius 3 is 3.18 bits per heavy atom. The van der Waals surface area contributed by atoms with Gasteiger partial charge >= 0.3 is 0 Å². The van der Waals surface area contributed by atoms with E-state index in [1.165, 1.54) is 10.9 Å². The lowest BCUT2D eigenvalue weighted by molar-refractivity contribution is -0.119. The summed E-state index contributed by atoms with van der Waals surface area (Å²) in [4.78, 5) is 10.9. The van der Waals surface area contributed by atoms with Crippen LogP contribution in [0.25, 0.3) is 11.0 Å². The average Bonchev–Trinajstić information content (AvgIpc) is 2.92. The Morgan fingerprint density at radius 1 is 1.47 bits per heavy atom. The molecule has 1 saturated carbocycles. The molecule has 1 amide bonds. The molecule has 2 unspecified atom stereocenters. The molecule has 1 N–H and O–H groups in total. The normalized spacial score (nSPS) is 22.6. The molecule has 3 rings (SSSR count). The molecule has 0 radical (unpaired) electrons. The van der Waals surface area contributed by atoms with Crippen molar-refractivity contribution in [3.05, 3.63) is 36.1 Å². The van der Waals surface area contributed by atoms with Crippen molar-refractivity contribution < 1.29 is 9.21 Å². The van der Waals surface area contributed by atoms with E-state index >= 15 is 0 Å². The highest BCUT2D eigenvalue weighted by Gasteiger charge is 2.39. The topological polar surface area (TPSA) is 42.2 Å². The zero-order chi connectivity index (χ0) is 11.8. The Balaban J connectivity index is 1.78. The number of nitrogens with one attached hydrogen (secondary N) is 1. The summed E-state index contributed by atoms with van der Waals surface area (Å²) in [6.45, 7) is 2.35. The molecule has 1 aliphatic carbocycles. The summed E-state index contributed by atoms with van der Waals surface area (Å²) in [5.74, 6) is 1.21. The van der Waals surface area contributed by atoms with Crippen LogP contribution in [0, 0.1) is 5.92 Å². The summed E-state index contributed by atoms with van der Waals surface area (Å²) in [5, 5.41) is 4.10. The van der Waals surface area contributed by atoms with Crippen LogP contribution in [0.3, 0.4) is 0 Å². The molecule has 3 nitrogen and oxygen atoms in total. The van der Waals surface area contributed by atoms with Gasteiger partial charge in [0, 0.05) is 18.9 Å². The first-order chi connectivity index (χ1) is 8.25. The van der Waals surface area contributed by atoms with Gasteiger partial charge in [-0.15, -0.1) is 0 Å². The van der Waals surface area contributed by atoms with Gasteiger partial charge in [-0.1, -0.05) is 12.1 Å². The molecule has 17 heavy (non-hydrogen) atoms. The first-order valence-corrected chi connectivity index (χ1v) is 5.96. The molecule has 2 atom stereocenters. The second-order valence-electron chi connectivity index (χ2n) is 4.72. The van der Waals surface area contributed by atoms with Crippen molar-refractivity contribution in [2.24, 2.45) is 5.92 Å². The molecule has 1 aromatic carbocycles. The van der Waals surface area contributed by atoms with Gasteiger partial charge in [0.05, 0.1) is 6.26 Å². The van der Waals surface area contributed by atoms with Crippen LogP contribution in [-0.2, 0) is 4.79 Å². The maximum Gasteiger partial charge on any atom is 0.216 e. The quantitative estimate of drug-likeness (QED) is 0.879. The lowest BCUT2D eigenvalue weighted by Crippen LogP contribution is -2.22. The molecule has 3 heteroatoms. The zero-order valence-corrected chi connectivity index (χ0v) is 9.77. The SMILES string of the molecule is CC(=O)NCC1CC1c1cccc2occc12. The van der Waals surface area contributed by atoms with Crippen molar-refractivity contribution in [3.63, 3.8) is 0 Å². The predicted molar refractivity (Wildman–Crippen MR) is 65.7 cm³/mol. The zero-order valence-electron chi connectivity index (χ0n) is 9.77. The van der Waals surface area contributed by atoms with E-state index in [9.17, 15) is 4.79 Å². The summed E-state index contributed by atoms with van der Waals surface area (Å²) < 4.78 is 5.40. The Labute approximate surface area is 99.8 Å². The second kappa shape index (κ2) is 3.91. The van der Waals surface area contributed by atoms with Crippen molar-refractivity contribution in [3.8, 4) is 0 Å². The molecular formula is C14H15NO2. The van der Waals surface area contributed by atoms with E-state index in [1.54, 1.807) is 13.2 Å². The number of rotatable bonds is 3. The van der Waals surface area contributed by atoms with E-state index < -0.39 is 0 Å². The second-order valence-corrected chi connectivity index (χ2v) is 4.72. The van der Waals surface area contributed by atoms with Crippen LogP contribution in [0.15, 0.2) is 34.9 Å². The van der Waals surface area contributed by atoms with E-state index in [1.807, 2.05) is 18.2 Å². The molecule has 1 heterocycles. The van der Waals surface area contributed by atoms with Gasteiger partial charge in [0.1, 0.15) is 5.58 Å². The molecule has 2 aromatic rings. The minimum atomic E-state index is 0.0529. The Morgan fingerprint density at radius 2 is 2.35 bits per heavy atom. The molecule has 0 aliphatic heterocycles. The first kappa shape index (κ1) is 10.4. The van der Waals surface area contributed by atoms with Crippen LogP contribution in [0.5, 0.6) is 0 Å². The van der Waals surface area contributed by atoms with Crippen molar-refractivity contribution in [2.45, 2.75) is 19.3 Å². The third-order valence-corrected chi connectivity index (χ3v) is 3.46. The molecular weight excluding hydrogens is 214 g/mol. The van der Waals surface area contributed by atoms with Crippen molar-refractivity contribution >= 4 is 16.9 Å². The van der Waals surface area contributed by atoms with Crippen LogP contribution in [0.4, 0.5) is 0 Å². The lowest BCUT2D eigenvalue weighted by atomic mass is 10.0. The van der Waals surface area contributed by atoms with Gasteiger partial charge in [-0.25, -0.2) is 0 Å². The van der Waals surface area contributed by atoms with E-state index in [0.29, 0.717) is 11.8 Å². The number of amides is 1. The van der Waals surface area contributed by atoms with Gasteiger partial charge in [-0.3, -0.25) is 4.79 Å². The molecule has 1 aliphatic rings. The van der Waals surface area contributed by atoms with Crippen molar-refractivity contribution in [1.82, 2.24) is 5.32 Å². The smallest absolute Gasteiger partial charge is 0.216 e. The number of carbonyl (C=O) groups excluding carboxylic acids is 1. The van der Waals surface area contributed by atoms with Gasteiger partial charge in [-0.2, -0.15) is 0 Å². The molecule has 0 bridgehead atoms. The van der Waals surface area contributed by atoms with E-state index in [0.717, 1.165) is 18.5 Å². The maximum atomic E-state index is 10.9. The number of hydrogen-bond donors (Lipinski definition) is 1. The van der Waals surface area contributed by atoms with Crippen molar-refractivity contribution in [1.29, 1.82) is 0 Å². The monoisotopic (exact) mass is 229 g/mol. The third-order valence-electron chi connectivity index (χ3n) is 3.46. The van der Waals surface area contributed by atoms with Crippen LogP contribution in [-0.4, -0.2) is 12.5 Å². The molecule has 0 spiro atoms. The summed E-state index contributed by atoms with van der Waals surface area (Å²) in [5.41, 5.74) is 2.30. The highest BCUT2D eigenvalue weighted by molar-refractivity contribution is 5.82. The molecule has 1 fully saturated rings. The number of fused-ring (bicyclic) bond motifs is 1. The number of furan rings is 1. The number of benzene rings is 1.